The van der Waals surface area contributed by atoms with Gasteiger partial charge in [-0.15, -0.1) is 0 Å². The predicted octanol–water partition coefficient (Wildman–Crippen LogP) is 1.00. The molecule has 1 unspecified atom stereocenters. The predicted molar refractivity (Wildman–Crippen MR) is 106 cm³/mol. The van der Waals surface area contributed by atoms with Gasteiger partial charge in [0.05, 0.1) is 6.61 Å². The summed E-state index contributed by atoms with van der Waals surface area (Å²) in [6, 6.07) is 3.83. The number of carbonyl (C=O) groups excluding carboxylic acids is 3. The molecule has 1 atom stereocenters. The van der Waals surface area contributed by atoms with Crippen molar-refractivity contribution in [1.82, 2.24) is 0 Å². The molecular formula is C19H28AsNO8. The average molecular weight is 473 g/mol. The molecule has 0 saturated heterocycles. The first kappa shape index (κ1) is 24.9. The molecule has 10 heteroatoms. The van der Waals surface area contributed by atoms with E-state index in [0.717, 1.165) is 25.3 Å². The van der Waals surface area contributed by atoms with Crippen LogP contribution in [-0.4, -0.2) is 51.7 Å². The molecule has 1 aliphatic carbocycles. The molecule has 0 bridgehead atoms. The van der Waals surface area contributed by atoms with Gasteiger partial charge in [0.25, 0.3) is 0 Å². The summed E-state index contributed by atoms with van der Waals surface area (Å²) in [4.78, 5) is 33.1. The van der Waals surface area contributed by atoms with Gasteiger partial charge >= 0.3 is 94.1 Å². The molecule has 29 heavy (non-hydrogen) atoms. The van der Waals surface area contributed by atoms with Crippen LogP contribution in [0.25, 0.3) is 0 Å². The minimum atomic E-state index is -5.15. The quantitative estimate of drug-likeness (QED) is 0.260. The number of hydrogen-bond donors (Lipinski definition) is 4. The third-order valence-electron chi connectivity index (χ3n) is 4.23. The van der Waals surface area contributed by atoms with Crippen LogP contribution in [0.2, 0.25) is 0 Å². The molecule has 9 nitrogen and oxygen atoms in total. The molecular weight excluding hydrogens is 445 g/mol. The summed E-state index contributed by atoms with van der Waals surface area (Å²) < 4.78 is 33.3. The van der Waals surface area contributed by atoms with Gasteiger partial charge in [-0.25, -0.2) is 0 Å². The fourth-order valence-corrected chi connectivity index (χ4v) is 4.25. The average Bonchev–Trinajstić information content (AvgIpc) is 3.04. The first-order valence-corrected chi connectivity index (χ1v) is 12.8. The molecule has 2 rings (SSSR count). The van der Waals surface area contributed by atoms with Gasteiger partial charge in [-0.05, 0) is 25.7 Å². The number of ether oxygens (including phenoxy) is 1. The zero-order valence-electron chi connectivity index (χ0n) is 16.6. The summed E-state index contributed by atoms with van der Waals surface area (Å²) in [5.41, 5.74) is -0.00951. The normalized spacial score (nSPS) is 16.0. The van der Waals surface area contributed by atoms with E-state index in [4.69, 9.17) is 12.9 Å². The number of phenolic OH excluding ortho intramolecular Hbond substituents is 1. The number of ketones is 1. The minimum Gasteiger partial charge on any atom is -0.466 e. The zero-order valence-corrected chi connectivity index (χ0v) is 18.5. The van der Waals surface area contributed by atoms with E-state index in [1.807, 2.05) is 6.92 Å². The molecule has 0 spiro atoms. The molecule has 1 saturated carbocycles. The molecule has 1 fully saturated rings. The third-order valence-corrected chi connectivity index (χ3v) is 6.31. The van der Waals surface area contributed by atoms with E-state index in [1.54, 1.807) is 0 Å². The van der Waals surface area contributed by atoms with Crippen LogP contribution in [0.3, 0.4) is 0 Å². The van der Waals surface area contributed by atoms with Crippen LogP contribution in [0.5, 0.6) is 5.75 Å². The maximum absolute atomic E-state index is 11.2. The SMILES string of the molecule is CC(=O)Nc1cccc([As](=O)(O)O)c1O.CCCOC(=O)CCC1CCCC1=O. The summed E-state index contributed by atoms with van der Waals surface area (Å²) in [7, 11) is 0. The first-order valence-electron chi connectivity index (χ1n) is 9.40. The number of Topliss-reactive ketones (excluding diaryl/α,β-unsaturated/α-hetero) is 1. The second-order valence-corrected chi connectivity index (χ2v) is 10.0. The monoisotopic (exact) mass is 473 g/mol. The van der Waals surface area contributed by atoms with E-state index in [-0.39, 0.29) is 17.6 Å². The Balaban J connectivity index is 0.000000291. The van der Waals surface area contributed by atoms with E-state index < -0.39 is 30.2 Å². The second-order valence-electron chi connectivity index (χ2n) is 6.71. The van der Waals surface area contributed by atoms with Crippen LogP contribution in [0.15, 0.2) is 18.2 Å². The van der Waals surface area contributed by atoms with Gasteiger partial charge in [-0.3, -0.25) is 9.59 Å². The maximum atomic E-state index is 11.2. The number of anilines is 1. The van der Waals surface area contributed by atoms with Gasteiger partial charge in [0.1, 0.15) is 5.78 Å². The van der Waals surface area contributed by atoms with Gasteiger partial charge in [0.15, 0.2) is 0 Å². The Morgan fingerprint density at radius 1 is 1.31 bits per heavy atom. The smallest absolute Gasteiger partial charge is 0.305 e. The van der Waals surface area contributed by atoms with Crippen LogP contribution < -0.4 is 9.67 Å². The topological polar surface area (TPSA) is 150 Å². The van der Waals surface area contributed by atoms with E-state index in [9.17, 15) is 23.2 Å². The van der Waals surface area contributed by atoms with Crippen molar-refractivity contribution in [1.29, 1.82) is 0 Å². The number of amides is 1. The Kier molecular flexibility index (Phi) is 10.2. The largest absolute Gasteiger partial charge is 0.466 e. The number of hydrogen-bond acceptors (Lipinski definition) is 6. The van der Waals surface area contributed by atoms with E-state index in [2.05, 4.69) is 5.32 Å². The van der Waals surface area contributed by atoms with Crippen LogP contribution in [0.4, 0.5) is 5.69 Å². The van der Waals surface area contributed by atoms with Crippen molar-refractivity contribution in [3.8, 4) is 5.75 Å². The van der Waals surface area contributed by atoms with Crippen LogP contribution in [-0.2, 0) is 22.9 Å². The summed E-state index contributed by atoms with van der Waals surface area (Å²) in [5.74, 6) is -0.718. The second kappa shape index (κ2) is 11.8. The summed E-state index contributed by atoms with van der Waals surface area (Å²) >= 11 is -5.15. The summed E-state index contributed by atoms with van der Waals surface area (Å²) in [6.07, 6.45) is 4.59. The Morgan fingerprint density at radius 2 is 2.00 bits per heavy atom. The summed E-state index contributed by atoms with van der Waals surface area (Å²) in [6.45, 7) is 3.69. The number of aromatic hydroxyl groups is 1. The Bertz CT molecular complexity index is 773. The van der Waals surface area contributed by atoms with Crippen molar-refractivity contribution in [3.63, 3.8) is 0 Å². The molecule has 0 aliphatic heterocycles. The molecule has 1 aromatic carbocycles. The Morgan fingerprint density at radius 3 is 2.52 bits per heavy atom. The van der Waals surface area contributed by atoms with Crippen LogP contribution in [0, 0.1) is 5.92 Å². The minimum absolute atomic E-state index is 0.00951. The standard InChI is InChI=1S/C11H18O3.C8H10AsNO5/c1-2-8-14-11(13)7-6-9-4-3-5-10(9)12;1-5(11)10-7-4-2-3-6(8(7)12)9(13,14)15/h9H,2-8H2,1H3;2-4,12H,1H3,(H,10,11)(H2,13,14,15). The van der Waals surface area contributed by atoms with Crippen molar-refractivity contribution >= 4 is 41.9 Å². The molecule has 0 radical (unpaired) electrons. The molecule has 1 aromatic rings. The van der Waals surface area contributed by atoms with Crippen LogP contribution >= 0.6 is 0 Å². The Labute approximate surface area is 172 Å². The fourth-order valence-electron chi connectivity index (χ4n) is 2.83. The molecule has 1 amide bonds. The summed E-state index contributed by atoms with van der Waals surface area (Å²) in [5, 5.41) is 11.7. The van der Waals surface area contributed by atoms with Crippen molar-refractivity contribution in [2.75, 3.05) is 11.9 Å². The van der Waals surface area contributed by atoms with Gasteiger partial charge in [0.2, 0.25) is 0 Å². The molecule has 0 heterocycles. The number of nitrogens with one attached hydrogen (secondary N) is 1. The number of benzene rings is 1. The fraction of sp³-hybridized carbons (Fsp3) is 0.526. The zero-order chi connectivity index (χ0) is 22.0. The molecule has 0 aromatic heterocycles. The third kappa shape index (κ3) is 8.85. The van der Waals surface area contributed by atoms with Gasteiger partial charge in [-0.2, -0.15) is 0 Å². The van der Waals surface area contributed by atoms with Gasteiger partial charge in [-0.1, -0.05) is 6.92 Å². The van der Waals surface area contributed by atoms with Crippen LogP contribution in [0.1, 0.15) is 52.4 Å². The van der Waals surface area contributed by atoms with Crippen molar-refractivity contribution < 1.29 is 36.2 Å². The van der Waals surface area contributed by atoms with Crippen molar-refractivity contribution in [2.45, 2.75) is 52.4 Å². The van der Waals surface area contributed by atoms with Gasteiger partial charge < -0.3 is 4.74 Å². The number of phenols is 1. The van der Waals surface area contributed by atoms with Gasteiger partial charge in [0, 0.05) is 18.8 Å². The van der Waals surface area contributed by atoms with Crippen molar-refractivity contribution in [2.24, 2.45) is 5.92 Å². The molecule has 162 valence electrons. The number of carbonyl (C=O) groups is 3. The van der Waals surface area contributed by atoms with E-state index >= 15 is 0 Å². The Hall–Kier alpha value is -2.09. The maximum Gasteiger partial charge on any atom is 0.305 e. The van der Waals surface area contributed by atoms with E-state index in [0.29, 0.717) is 31.7 Å². The molecule has 1 aliphatic rings. The first-order chi connectivity index (χ1) is 13.6. The molecule has 4 N–H and O–H groups in total. The number of rotatable bonds is 7. The van der Waals surface area contributed by atoms with Crippen molar-refractivity contribution in [3.05, 3.63) is 18.2 Å². The number of esters is 1. The number of para-hydroxylation sites is 1. The van der Waals surface area contributed by atoms with E-state index in [1.165, 1.54) is 19.1 Å².